The molecule has 1 aromatic carbocycles. The lowest BCUT2D eigenvalue weighted by atomic mass is 10.1. The van der Waals surface area contributed by atoms with Gasteiger partial charge in [0.15, 0.2) is 0 Å². The van der Waals surface area contributed by atoms with Crippen molar-refractivity contribution < 1.29 is 19.0 Å². The zero-order valence-electron chi connectivity index (χ0n) is 9.87. The second kappa shape index (κ2) is 5.53. The van der Waals surface area contributed by atoms with Crippen LogP contribution in [-0.2, 0) is 0 Å². The van der Waals surface area contributed by atoms with Crippen molar-refractivity contribution in [1.29, 1.82) is 0 Å². The van der Waals surface area contributed by atoms with E-state index in [0.717, 1.165) is 12.1 Å². The molecule has 3 nitrogen and oxygen atoms in total. The summed E-state index contributed by atoms with van der Waals surface area (Å²) in [4.78, 5) is 0. The van der Waals surface area contributed by atoms with Crippen LogP contribution in [0.1, 0.15) is 25.5 Å². The van der Waals surface area contributed by atoms with Gasteiger partial charge >= 0.3 is 0 Å². The summed E-state index contributed by atoms with van der Waals surface area (Å²) in [5.74, 6) is -1.55. The Bertz CT molecular complexity index is 357. The standard InChI is InChI=1S/C12H17F2NO2/c1-12(2,17)7-15-6-10(16)11-8(13)4-3-5-9(11)14/h3-5,10,15-17H,6-7H2,1-2H3. The maximum Gasteiger partial charge on any atom is 0.131 e. The van der Waals surface area contributed by atoms with Gasteiger partial charge in [-0.1, -0.05) is 6.07 Å². The molecule has 1 unspecified atom stereocenters. The van der Waals surface area contributed by atoms with Crippen molar-refractivity contribution in [2.75, 3.05) is 13.1 Å². The van der Waals surface area contributed by atoms with E-state index >= 15 is 0 Å². The van der Waals surface area contributed by atoms with E-state index in [1.165, 1.54) is 6.07 Å². The Morgan fingerprint density at radius 2 is 1.82 bits per heavy atom. The minimum atomic E-state index is -1.28. The van der Waals surface area contributed by atoms with Crippen LogP contribution in [0.15, 0.2) is 18.2 Å². The van der Waals surface area contributed by atoms with Gasteiger partial charge in [0.2, 0.25) is 0 Å². The molecule has 0 fully saturated rings. The minimum absolute atomic E-state index is 0.0259. The Labute approximate surface area is 99.1 Å². The van der Waals surface area contributed by atoms with Gasteiger partial charge in [-0.05, 0) is 26.0 Å². The molecular formula is C12H17F2NO2. The molecule has 0 spiro atoms. The van der Waals surface area contributed by atoms with Crippen LogP contribution in [0.25, 0.3) is 0 Å². The quantitative estimate of drug-likeness (QED) is 0.734. The summed E-state index contributed by atoms with van der Waals surface area (Å²) in [7, 11) is 0. The van der Waals surface area contributed by atoms with Crippen LogP contribution in [0.5, 0.6) is 0 Å². The fourth-order valence-corrected chi connectivity index (χ4v) is 1.45. The zero-order chi connectivity index (χ0) is 13.1. The molecule has 0 aromatic heterocycles. The first-order valence-electron chi connectivity index (χ1n) is 5.36. The molecule has 17 heavy (non-hydrogen) atoms. The highest BCUT2D eigenvalue weighted by atomic mass is 19.1. The summed E-state index contributed by atoms with van der Waals surface area (Å²) < 4.78 is 26.6. The molecule has 3 N–H and O–H groups in total. The molecule has 0 aliphatic carbocycles. The average Bonchev–Trinajstić information content (AvgIpc) is 2.15. The average molecular weight is 245 g/mol. The van der Waals surface area contributed by atoms with Gasteiger partial charge in [-0.3, -0.25) is 0 Å². The summed E-state index contributed by atoms with van der Waals surface area (Å²) in [5.41, 5.74) is -1.29. The third-order valence-corrected chi connectivity index (χ3v) is 2.23. The lowest BCUT2D eigenvalue weighted by Gasteiger charge is -2.20. The molecule has 0 radical (unpaired) electrons. The Morgan fingerprint density at radius 1 is 1.29 bits per heavy atom. The second-order valence-corrected chi connectivity index (χ2v) is 4.59. The SMILES string of the molecule is CC(C)(O)CNCC(O)c1c(F)cccc1F. The van der Waals surface area contributed by atoms with Crippen LogP contribution in [0.2, 0.25) is 0 Å². The predicted molar refractivity (Wildman–Crippen MR) is 60.5 cm³/mol. The number of benzene rings is 1. The summed E-state index contributed by atoms with van der Waals surface area (Å²) in [6.07, 6.45) is -1.28. The monoisotopic (exact) mass is 245 g/mol. The summed E-state index contributed by atoms with van der Waals surface area (Å²) in [5, 5.41) is 21.8. The number of aliphatic hydroxyl groups is 2. The summed E-state index contributed by atoms with van der Waals surface area (Å²) in [6, 6.07) is 3.43. The van der Waals surface area contributed by atoms with Gasteiger partial charge in [0.05, 0.1) is 17.3 Å². The second-order valence-electron chi connectivity index (χ2n) is 4.59. The van der Waals surface area contributed by atoms with Gasteiger partial charge in [0.25, 0.3) is 0 Å². The van der Waals surface area contributed by atoms with Crippen LogP contribution in [0.3, 0.4) is 0 Å². The number of nitrogens with one attached hydrogen (secondary N) is 1. The van der Waals surface area contributed by atoms with Crippen molar-refractivity contribution in [3.63, 3.8) is 0 Å². The molecule has 1 rings (SSSR count). The maximum absolute atomic E-state index is 13.3. The van der Waals surface area contributed by atoms with E-state index in [-0.39, 0.29) is 18.7 Å². The number of aliphatic hydroxyl groups excluding tert-OH is 1. The molecule has 0 bridgehead atoms. The first-order chi connectivity index (χ1) is 7.81. The van der Waals surface area contributed by atoms with Crippen molar-refractivity contribution in [1.82, 2.24) is 5.32 Å². The molecule has 5 heteroatoms. The molecule has 1 atom stereocenters. The van der Waals surface area contributed by atoms with Crippen LogP contribution < -0.4 is 5.32 Å². The van der Waals surface area contributed by atoms with E-state index < -0.39 is 23.3 Å². The van der Waals surface area contributed by atoms with Crippen molar-refractivity contribution in [3.05, 3.63) is 35.4 Å². The van der Waals surface area contributed by atoms with Crippen molar-refractivity contribution in [2.24, 2.45) is 0 Å². The number of halogens is 2. The largest absolute Gasteiger partial charge is 0.389 e. The first kappa shape index (κ1) is 14.0. The Kier molecular flexibility index (Phi) is 4.56. The van der Waals surface area contributed by atoms with Crippen molar-refractivity contribution >= 4 is 0 Å². The molecule has 0 saturated carbocycles. The zero-order valence-corrected chi connectivity index (χ0v) is 9.87. The minimum Gasteiger partial charge on any atom is -0.389 e. The van der Waals surface area contributed by atoms with E-state index in [1.807, 2.05) is 0 Å². The number of hydrogen-bond donors (Lipinski definition) is 3. The summed E-state index contributed by atoms with van der Waals surface area (Å²) in [6.45, 7) is 3.38. The molecule has 0 amide bonds. The fourth-order valence-electron chi connectivity index (χ4n) is 1.45. The molecule has 96 valence electrons. The lowest BCUT2D eigenvalue weighted by molar-refractivity contribution is 0.0734. The van der Waals surface area contributed by atoms with E-state index in [1.54, 1.807) is 13.8 Å². The van der Waals surface area contributed by atoms with Crippen LogP contribution >= 0.6 is 0 Å². The highest BCUT2D eigenvalue weighted by molar-refractivity contribution is 5.22. The molecule has 0 saturated heterocycles. The number of hydrogen-bond acceptors (Lipinski definition) is 3. The van der Waals surface area contributed by atoms with Gasteiger partial charge in [0.1, 0.15) is 11.6 Å². The molecule has 0 aliphatic heterocycles. The highest BCUT2D eigenvalue weighted by Crippen LogP contribution is 2.19. The molecule has 0 heterocycles. The molecular weight excluding hydrogens is 228 g/mol. The van der Waals surface area contributed by atoms with E-state index in [2.05, 4.69) is 5.32 Å². The Morgan fingerprint density at radius 3 is 2.29 bits per heavy atom. The predicted octanol–water partition coefficient (Wildman–Crippen LogP) is 1.36. The highest BCUT2D eigenvalue weighted by Gasteiger charge is 2.18. The first-order valence-corrected chi connectivity index (χ1v) is 5.36. The van der Waals surface area contributed by atoms with E-state index in [9.17, 15) is 19.0 Å². The van der Waals surface area contributed by atoms with Crippen LogP contribution in [0.4, 0.5) is 8.78 Å². The lowest BCUT2D eigenvalue weighted by Crippen LogP contribution is -2.37. The number of rotatable bonds is 5. The summed E-state index contributed by atoms with van der Waals surface area (Å²) >= 11 is 0. The van der Waals surface area contributed by atoms with Gasteiger partial charge in [-0.15, -0.1) is 0 Å². The van der Waals surface area contributed by atoms with Crippen LogP contribution in [0, 0.1) is 11.6 Å². The van der Waals surface area contributed by atoms with Gasteiger partial charge < -0.3 is 15.5 Å². The van der Waals surface area contributed by atoms with E-state index in [0.29, 0.717) is 0 Å². The maximum atomic E-state index is 13.3. The third kappa shape index (κ3) is 4.38. The Balaban J connectivity index is 2.61. The van der Waals surface area contributed by atoms with Gasteiger partial charge in [-0.25, -0.2) is 8.78 Å². The van der Waals surface area contributed by atoms with Gasteiger partial charge in [-0.2, -0.15) is 0 Å². The van der Waals surface area contributed by atoms with Crippen molar-refractivity contribution in [3.8, 4) is 0 Å². The Hall–Kier alpha value is -1.04. The topological polar surface area (TPSA) is 52.5 Å². The van der Waals surface area contributed by atoms with Gasteiger partial charge in [0, 0.05) is 13.1 Å². The fraction of sp³-hybridized carbons (Fsp3) is 0.500. The smallest absolute Gasteiger partial charge is 0.131 e. The molecule has 1 aromatic rings. The normalized spacial score (nSPS) is 13.8. The van der Waals surface area contributed by atoms with Crippen LogP contribution in [-0.4, -0.2) is 28.9 Å². The molecule has 0 aliphatic rings. The van der Waals surface area contributed by atoms with Crippen molar-refractivity contribution in [2.45, 2.75) is 25.6 Å². The van der Waals surface area contributed by atoms with E-state index in [4.69, 9.17) is 0 Å². The third-order valence-electron chi connectivity index (χ3n) is 2.23.